The zero-order valence-corrected chi connectivity index (χ0v) is 15.4. The predicted octanol–water partition coefficient (Wildman–Crippen LogP) is 3.32. The summed E-state index contributed by atoms with van der Waals surface area (Å²) in [5.41, 5.74) is 0. The number of ether oxygens (including phenoxy) is 2. The molecule has 0 bridgehead atoms. The van der Waals surface area contributed by atoms with Gasteiger partial charge >= 0.3 is 0 Å². The molecule has 130 valence electrons. The summed E-state index contributed by atoms with van der Waals surface area (Å²) in [7, 11) is -3.58. The zero-order chi connectivity index (χ0) is 17.0. The van der Waals surface area contributed by atoms with Crippen molar-refractivity contribution in [3.8, 4) is 5.75 Å². The van der Waals surface area contributed by atoms with Crippen molar-refractivity contribution in [3.63, 3.8) is 0 Å². The average molecular weight is 362 g/mol. The fourth-order valence-corrected chi connectivity index (χ4v) is 4.34. The minimum atomic E-state index is -3.58. The van der Waals surface area contributed by atoms with E-state index in [1.807, 2.05) is 13.8 Å². The number of halogens is 1. The van der Waals surface area contributed by atoms with Gasteiger partial charge in [-0.05, 0) is 32.4 Å². The van der Waals surface area contributed by atoms with Crippen LogP contribution in [0.3, 0.4) is 0 Å². The highest BCUT2D eigenvalue weighted by molar-refractivity contribution is 7.89. The molecule has 1 aliphatic heterocycles. The third-order valence-electron chi connectivity index (χ3n) is 3.68. The van der Waals surface area contributed by atoms with E-state index < -0.39 is 10.0 Å². The normalized spacial score (nSPS) is 23.0. The van der Waals surface area contributed by atoms with Crippen molar-refractivity contribution in [2.75, 3.05) is 19.7 Å². The molecule has 0 N–H and O–H groups in total. The first-order valence-electron chi connectivity index (χ1n) is 7.92. The number of hydrogen-bond acceptors (Lipinski definition) is 4. The van der Waals surface area contributed by atoms with Crippen LogP contribution in [0.15, 0.2) is 23.1 Å². The molecule has 7 heteroatoms. The van der Waals surface area contributed by atoms with Crippen LogP contribution in [0, 0.1) is 0 Å². The average Bonchev–Trinajstić information content (AvgIpc) is 2.48. The van der Waals surface area contributed by atoms with Crippen LogP contribution < -0.4 is 4.74 Å². The summed E-state index contributed by atoms with van der Waals surface area (Å²) in [6.45, 7) is 7.03. The summed E-state index contributed by atoms with van der Waals surface area (Å²) in [5.74, 6) is 0.413. The van der Waals surface area contributed by atoms with Crippen molar-refractivity contribution in [3.05, 3.63) is 23.2 Å². The van der Waals surface area contributed by atoms with Gasteiger partial charge < -0.3 is 9.47 Å². The van der Waals surface area contributed by atoms with E-state index in [-0.39, 0.29) is 17.1 Å². The highest BCUT2D eigenvalue weighted by Gasteiger charge is 2.32. The van der Waals surface area contributed by atoms with Crippen LogP contribution in [0.4, 0.5) is 0 Å². The van der Waals surface area contributed by atoms with E-state index in [1.54, 1.807) is 6.07 Å². The second-order valence-corrected chi connectivity index (χ2v) is 8.22. The Morgan fingerprint density at radius 3 is 2.57 bits per heavy atom. The lowest BCUT2D eigenvalue weighted by atomic mass is 10.3. The Labute approximate surface area is 143 Å². The van der Waals surface area contributed by atoms with Crippen LogP contribution in [-0.4, -0.2) is 44.6 Å². The Bertz CT molecular complexity index is 625. The molecule has 1 fully saturated rings. The number of sulfonamides is 1. The molecule has 0 amide bonds. The Hall–Kier alpha value is -0.820. The smallest absolute Gasteiger partial charge is 0.243 e. The fourth-order valence-electron chi connectivity index (χ4n) is 2.56. The van der Waals surface area contributed by atoms with Crippen molar-refractivity contribution >= 4 is 21.6 Å². The van der Waals surface area contributed by atoms with E-state index in [0.717, 1.165) is 12.8 Å². The number of rotatable bonds is 6. The lowest BCUT2D eigenvalue weighted by Crippen LogP contribution is -2.48. The van der Waals surface area contributed by atoms with Gasteiger partial charge in [-0.2, -0.15) is 4.31 Å². The van der Waals surface area contributed by atoms with Crippen LogP contribution in [0.1, 0.15) is 33.6 Å². The maximum atomic E-state index is 12.8. The highest BCUT2D eigenvalue weighted by atomic mass is 35.5. The molecule has 0 saturated carbocycles. The molecule has 23 heavy (non-hydrogen) atoms. The topological polar surface area (TPSA) is 55.8 Å². The molecule has 0 radical (unpaired) electrons. The molecule has 5 nitrogen and oxygen atoms in total. The van der Waals surface area contributed by atoms with E-state index >= 15 is 0 Å². The minimum Gasteiger partial charge on any atom is -0.492 e. The molecule has 1 heterocycles. The van der Waals surface area contributed by atoms with Gasteiger partial charge in [0.2, 0.25) is 10.0 Å². The van der Waals surface area contributed by atoms with Crippen LogP contribution in [0.5, 0.6) is 5.75 Å². The van der Waals surface area contributed by atoms with E-state index in [2.05, 4.69) is 6.92 Å². The lowest BCUT2D eigenvalue weighted by molar-refractivity contribution is -0.0440. The summed E-state index contributed by atoms with van der Waals surface area (Å²) >= 11 is 6.10. The largest absolute Gasteiger partial charge is 0.492 e. The van der Waals surface area contributed by atoms with Gasteiger partial charge in [-0.1, -0.05) is 24.9 Å². The predicted molar refractivity (Wildman–Crippen MR) is 90.6 cm³/mol. The molecule has 2 atom stereocenters. The number of hydrogen-bond donors (Lipinski definition) is 0. The molecular weight excluding hydrogens is 338 g/mol. The zero-order valence-electron chi connectivity index (χ0n) is 13.8. The lowest BCUT2D eigenvalue weighted by Gasteiger charge is -2.34. The third kappa shape index (κ3) is 4.59. The van der Waals surface area contributed by atoms with Crippen LogP contribution in [0.25, 0.3) is 0 Å². The van der Waals surface area contributed by atoms with Crippen molar-refractivity contribution in [2.45, 2.75) is 50.7 Å². The molecule has 0 aromatic heterocycles. The van der Waals surface area contributed by atoms with Crippen LogP contribution in [-0.2, 0) is 14.8 Å². The SMILES string of the molecule is CCCCOc1cc(S(=O)(=O)N2C[C@H](C)O[C@@H](C)C2)ccc1Cl. The van der Waals surface area contributed by atoms with E-state index in [0.29, 0.717) is 30.5 Å². The monoisotopic (exact) mass is 361 g/mol. The van der Waals surface area contributed by atoms with Gasteiger partial charge in [0.05, 0.1) is 28.7 Å². The van der Waals surface area contributed by atoms with E-state index in [4.69, 9.17) is 21.1 Å². The number of nitrogens with zero attached hydrogens (tertiary/aromatic N) is 1. The molecule has 1 aromatic carbocycles. The van der Waals surface area contributed by atoms with Crippen LogP contribution >= 0.6 is 11.6 Å². The summed E-state index contributed by atoms with van der Waals surface area (Å²) in [5, 5.41) is 0.420. The summed E-state index contributed by atoms with van der Waals surface area (Å²) < 4.78 is 38.4. The maximum Gasteiger partial charge on any atom is 0.243 e. The minimum absolute atomic E-state index is 0.124. The maximum absolute atomic E-state index is 12.8. The number of benzene rings is 1. The third-order valence-corrected chi connectivity index (χ3v) is 5.82. The van der Waals surface area contributed by atoms with Gasteiger partial charge in [0, 0.05) is 19.2 Å². The molecule has 0 unspecified atom stereocenters. The second kappa shape index (κ2) is 7.83. The molecule has 2 rings (SSSR count). The second-order valence-electron chi connectivity index (χ2n) is 5.87. The van der Waals surface area contributed by atoms with Crippen molar-refractivity contribution in [2.24, 2.45) is 0 Å². The molecule has 1 saturated heterocycles. The Kier molecular flexibility index (Phi) is 6.31. The van der Waals surface area contributed by atoms with E-state index in [9.17, 15) is 8.42 Å². The first kappa shape index (κ1) is 18.5. The number of morpholine rings is 1. The van der Waals surface area contributed by atoms with Crippen molar-refractivity contribution in [1.82, 2.24) is 4.31 Å². The molecule has 1 aliphatic rings. The molecule has 0 spiro atoms. The first-order chi connectivity index (χ1) is 10.8. The Morgan fingerprint density at radius 2 is 1.96 bits per heavy atom. The van der Waals surface area contributed by atoms with Gasteiger partial charge in [0.15, 0.2) is 0 Å². The van der Waals surface area contributed by atoms with Crippen molar-refractivity contribution in [1.29, 1.82) is 0 Å². The molecular formula is C16H24ClNO4S. The summed E-state index contributed by atoms with van der Waals surface area (Å²) in [6, 6.07) is 4.61. The fraction of sp³-hybridized carbons (Fsp3) is 0.625. The molecule has 1 aromatic rings. The Morgan fingerprint density at radius 1 is 1.30 bits per heavy atom. The first-order valence-corrected chi connectivity index (χ1v) is 9.74. The standard InChI is InChI=1S/C16H24ClNO4S/c1-4-5-8-21-16-9-14(6-7-15(16)17)23(19,20)18-10-12(2)22-13(3)11-18/h6-7,9,12-13H,4-5,8,10-11H2,1-3H3/t12-,13-/m0/s1. The Balaban J connectivity index is 2.23. The van der Waals surface area contributed by atoms with Gasteiger partial charge in [-0.3, -0.25) is 0 Å². The van der Waals surface area contributed by atoms with E-state index in [1.165, 1.54) is 16.4 Å². The van der Waals surface area contributed by atoms with Gasteiger partial charge in [0.25, 0.3) is 0 Å². The summed E-state index contributed by atoms with van der Waals surface area (Å²) in [4.78, 5) is 0.203. The van der Waals surface area contributed by atoms with Crippen molar-refractivity contribution < 1.29 is 17.9 Å². The van der Waals surface area contributed by atoms with Gasteiger partial charge in [-0.15, -0.1) is 0 Å². The molecule has 0 aliphatic carbocycles. The highest BCUT2D eigenvalue weighted by Crippen LogP contribution is 2.30. The number of unbranched alkanes of at least 4 members (excludes halogenated alkanes) is 1. The summed E-state index contributed by atoms with van der Waals surface area (Å²) in [6.07, 6.45) is 1.65. The van der Waals surface area contributed by atoms with Gasteiger partial charge in [0.1, 0.15) is 5.75 Å². The quantitative estimate of drug-likeness (QED) is 0.729. The van der Waals surface area contributed by atoms with Gasteiger partial charge in [-0.25, -0.2) is 8.42 Å². The van der Waals surface area contributed by atoms with Crippen LogP contribution in [0.2, 0.25) is 5.02 Å².